The predicted molar refractivity (Wildman–Crippen MR) is 84.3 cm³/mol. The Morgan fingerprint density at radius 1 is 1.25 bits per heavy atom. The predicted octanol–water partition coefficient (Wildman–Crippen LogP) is 3.49. The second-order valence-corrected chi connectivity index (χ2v) is 5.50. The van der Waals surface area contributed by atoms with Gasteiger partial charge in [0.2, 0.25) is 0 Å². The van der Waals surface area contributed by atoms with E-state index in [2.05, 4.69) is 46.4 Å². The zero-order valence-electron chi connectivity index (χ0n) is 12.2. The molecule has 0 saturated carbocycles. The van der Waals surface area contributed by atoms with Gasteiger partial charge in [-0.25, -0.2) is 15.0 Å². The van der Waals surface area contributed by atoms with E-state index in [4.69, 9.17) is 0 Å². The molecule has 2 heterocycles. The van der Waals surface area contributed by atoms with Crippen LogP contribution in [0.15, 0.2) is 17.6 Å². The van der Waals surface area contributed by atoms with Crippen LogP contribution in [0.4, 0.5) is 11.6 Å². The van der Waals surface area contributed by atoms with Crippen molar-refractivity contribution in [2.75, 3.05) is 17.2 Å². The topological polar surface area (TPSA) is 62.7 Å². The molecule has 0 fully saturated rings. The molecule has 2 rings (SSSR count). The molecule has 108 valence electrons. The highest BCUT2D eigenvalue weighted by molar-refractivity contribution is 7.09. The molecule has 0 radical (unpaired) electrons. The SMILES string of the molecule is CCCc1nc(NCC)cc(NC(C)c2nccs2)n1. The van der Waals surface area contributed by atoms with E-state index < -0.39 is 0 Å². The fourth-order valence-electron chi connectivity index (χ4n) is 1.91. The summed E-state index contributed by atoms with van der Waals surface area (Å²) in [4.78, 5) is 13.4. The Bertz CT molecular complexity index is 502. The van der Waals surface area contributed by atoms with E-state index in [1.807, 2.05) is 17.6 Å². The van der Waals surface area contributed by atoms with Crippen LogP contribution in [-0.4, -0.2) is 21.5 Å². The number of aromatic nitrogens is 3. The first-order valence-electron chi connectivity index (χ1n) is 7.00. The van der Waals surface area contributed by atoms with Crippen molar-refractivity contribution in [3.63, 3.8) is 0 Å². The zero-order chi connectivity index (χ0) is 14.4. The molecule has 2 aromatic rings. The van der Waals surface area contributed by atoms with Crippen molar-refractivity contribution in [2.45, 2.75) is 39.7 Å². The lowest BCUT2D eigenvalue weighted by atomic mass is 10.3. The van der Waals surface area contributed by atoms with Gasteiger partial charge in [0.15, 0.2) is 0 Å². The molecule has 0 spiro atoms. The van der Waals surface area contributed by atoms with Crippen LogP contribution in [0, 0.1) is 0 Å². The molecular formula is C14H21N5S. The van der Waals surface area contributed by atoms with Gasteiger partial charge in [-0.15, -0.1) is 11.3 Å². The van der Waals surface area contributed by atoms with Crippen LogP contribution >= 0.6 is 11.3 Å². The fraction of sp³-hybridized carbons (Fsp3) is 0.500. The van der Waals surface area contributed by atoms with Crippen molar-refractivity contribution in [3.05, 3.63) is 28.5 Å². The number of rotatable bonds is 7. The first-order valence-corrected chi connectivity index (χ1v) is 7.88. The van der Waals surface area contributed by atoms with E-state index in [9.17, 15) is 0 Å². The number of nitrogens with one attached hydrogen (secondary N) is 2. The molecule has 5 nitrogen and oxygen atoms in total. The Morgan fingerprint density at radius 2 is 2.05 bits per heavy atom. The lowest BCUT2D eigenvalue weighted by molar-refractivity contribution is 0.816. The van der Waals surface area contributed by atoms with Crippen molar-refractivity contribution in [2.24, 2.45) is 0 Å². The summed E-state index contributed by atoms with van der Waals surface area (Å²) < 4.78 is 0. The minimum Gasteiger partial charge on any atom is -0.370 e. The molecule has 0 aliphatic rings. The van der Waals surface area contributed by atoms with Gasteiger partial charge >= 0.3 is 0 Å². The lowest BCUT2D eigenvalue weighted by Crippen LogP contribution is -2.11. The van der Waals surface area contributed by atoms with E-state index in [1.54, 1.807) is 11.3 Å². The minimum absolute atomic E-state index is 0.147. The van der Waals surface area contributed by atoms with Crippen molar-refractivity contribution >= 4 is 23.0 Å². The summed E-state index contributed by atoms with van der Waals surface area (Å²) in [6.07, 6.45) is 3.75. The molecule has 2 N–H and O–H groups in total. The molecule has 1 unspecified atom stereocenters. The second-order valence-electron chi connectivity index (χ2n) is 4.57. The van der Waals surface area contributed by atoms with Crippen molar-refractivity contribution in [1.29, 1.82) is 0 Å². The van der Waals surface area contributed by atoms with E-state index in [-0.39, 0.29) is 6.04 Å². The van der Waals surface area contributed by atoms with E-state index >= 15 is 0 Å². The molecule has 6 heteroatoms. The Kier molecular flexibility index (Phi) is 5.29. The Balaban J connectivity index is 2.16. The smallest absolute Gasteiger partial charge is 0.133 e. The quantitative estimate of drug-likeness (QED) is 0.817. The van der Waals surface area contributed by atoms with Gasteiger partial charge in [0, 0.05) is 30.6 Å². The molecule has 0 aliphatic heterocycles. The summed E-state index contributed by atoms with van der Waals surface area (Å²) in [6, 6.07) is 2.10. The molecule has 20 heavy (non-hydrogen) atoms. The maximum Gasteiger partial charge on any atom is 0.133 e. The van der Waals surface area contributed by atoms with E-state index in [1.165, 1.54) is 0 Å². The lowest BCUT2D eigenvalue weighted by Gasteiger charge is -2.14. The van der Waals surface area contributed by atoms with Crippen LogP contribution in [0.3, 0.4) is 0 Å². The average Bonchev–Trinajstić information content (AvgIpc) is 2.93. The van der Waals surface area contributed by atoms with Crippen molar-refractivity contribution in [3.8, 4) is 0 Å². The van der Waals surface area contributed by atoms with Crippen LogP contribution in [0.1, 0.15) is 44.1 Å². The monoisotopic (exact) mass is 291 g/mol. The highest BCUT2D eigenvalue weighted by Gasteiger charge is 2.10. The Hall–Kier alpha value is -1.69. The normalized spacial score (nSPS) is 12.2. The fourth-order valence-corrected chi connectivity index (χ4v) is 2.56. The number of anilines is 2. The number of nitrogens with zero attached hydrogens (tertiary/aromatic N) is 3. The van der Waals surface area contributed by atoms with Gasteiger partial charge in [-0.2, -0.15) is 0 Å². The number of aryl methyl sites for hydroxylation is 1. The van der Waals surface area contributed by atoms with Crippen molar-refractivity contribution < 1.29 is 0 Å². The first-order chi connectivity index (χ1) is 9.72. The molecule has 0 bridgehead atoms. The van der Waals surface area contributed by atoms with Crippen LogP contribution in [0.2, 0.25) is 0 Å². The molecule has 0 amide bonds. The number of thiazole rings is 1. The van der Waals surface area contributed by atoms with Gasteiger partial charge in [-0.05, 0) is 20.3 Å². The maximum absolute atomic E-state index is 4.57. The Labute approximate surface area is 123 Å². The average molecular weight is 291 g/mol. The van der Waals surface area contributed by atoms with Gasteiger partial charge in [-0.3, -0.25) is 0 Å². The summed E-state index contributed by atoms with van der Waals surface area (Å²) in [6.45, 7) is 7.14. The molecule has 2 aromatic heterocycles. The van der Waals surface area contributed by atoms with Crippen LogP contribution in [-0.2, 0) is 6.42 Å². The van der Waals surface area contributed by atoms with Crippen LogP contribution < -0.4 is 10.6 Å². The summed E-state index contributed by atoms with van der Waals surface area (Å²) >= 11 is 1.65. The third kappa shape index (κ3) is 3.90. The first kappa shape index (κ1) is 14.7. The standard InChI is InChI=1S/C14H21N5S/c1-4-6-11-18-12(15-5-2)9-13(19-11)17-10(3)14-16-7-8-20-14/h7-10H,4-6H2,1-3H3,(H2,15,17,18,19). The minimum atomic E-state index is 0.147. The zero-order valence-corrected chi connectivity index (χ0v) is 13.0. The molecule has 0 aromatic carbocycles. The molecular weight excluding hydrogens is 270 g/mol. The third-order valence-electron chi connectivity index (χ3n) is 2.79. The highest BCUT2D eigenvalue weighted by Crippen LogP contribution is 2.21. The van der Waals surface area contributed by atoms with Crippen LogP contribution in [0.5, 0.6) is 0 Å². The van der Waals surface area contributed by atoms with Gasteiger partial charge in [-0.1, -0.05) is 6.92 Å². The van der Waals surface area contributed by atoms with Crippen LogP contribution in [0.25, 0.3) is 0 Å². The van der Waals surface area contributed by atoms with Crippen molar-refractivity contribution in [1.82, 2.24) is 15.0 Å². The van der Waals surface area contributed by atoms with E-state index in [0.717, 1.165) is 41.9 Å². The molecule has 0 aliphatic carbocycles. The molecule has 1 atom stereocenters. The summed E-state index contributed by atoms with van der Waals surface area (Å²) in [7, 11) is 0. The third-order valence-corrected chi connectivity index (χ3v) is 3.75. The second kappa shape index (κ2) is 7.19. The Morgan fingerprint density at radius 3 is 2.70 bits per heavy atom. The molecule has 0 saturated heterocycles. The summed E-state index contributed by atoms with van der Waals surface area (Å²) in [5.74, 6) is 2.60. The highest BCUT2D eigenvalue weighted by atomic mass is 32.1. The maximum atomic E-state index is 4.57. The van der Waals surface area contributed by atoms with Gasteiger partial charge in [0.05, 0.1) is 6.04 Å². The van der Waals surface area contributed by atoms with E-state index in [0.29, 0.717) is 0 Å². The number of hydrogen-bond acceptors (Lipinski definition) is 6. The number of hydrogen-bond donors (Lipinski definition) is 2. The summed E-state index contributed by atoms with van der Waals surface area (Å²) in [5.41, 5.74) is 0. The van der Waals surface area contributed by atoms with Gasteiger partial charge in [0.25, 0.3) is 0 Å². The van der Waals surface area contributed by atoms with Gasteiger partial charge in [0.1, 0.15) is 22.5 Å². The largest absolute Gasteiger partial charge is 0.370 e. The van der Waals surface area contributed by atoms with Gasteiger partial charge < -0.3 is 10.6 Å². The summed E-state index contributed by atoms with van der Waals surface area (Å²) in [5, 5.41) is 9.70.